The number of nitrogens with one attached hydrogen (secondary N) is 1. The molecule has 1 unspecified atom stereocenters. The molecule has 1 aliphatic carbocycles. The molecule has 1 aromatic rings. The first-order chi connectivity index (χ1) is 13.3. The van der Waals surface area contributed by atoms with Gasteiger partial charge >= 0.3 is 6.18 Å². The highest BCUT2D eigenvalue weighted by molar-refractivity contribution is 5.59. The van der Waals surface area contributed by atoms with Crippen molar-refractivity contribution in [3.63, 3.8) is 0 Å². The van der Waals surface area contributed by atoms with Crippen LogP contribution >= 0.6 is 0 Å². The van der Waals surface area contributed by atoms with E-state index in [4.69, 9.17) is 4.74 Å². The Hall–Kier alpha value is -1.93. The third-order valence-corrected chi connectivity index (χ3v) is 5.85. The molecule has 0 aromatic heterocycles. The normalized spacial score (nSPS) is 31.9. The molecule has 0 saturated carbocycles. The van der Waals surface area contributed by atoms with Gasteiger partial charge in [-0.2, -0.15) is 13.2 Å². The number of alkyl halides is 3. The van der Waals surface area contributed by atoms with Crippen molar-refractivity contribution in [3.8, 4) is 0 Å². The van der Waals surface area contributed by atoms with Gasteiger partial charge in [-0.15, -0.1) is 0 Å². The third kappa shape index (κ3) is 3.22. The van der Waals surface area contributed by atoms with Crippen LogP contribution in [-0.2, 0) is 10.9 Å². The Morgan fingerprint density at radius 2 is 1.93 bits per heavy atom. The van der Waals surface area contributed by atoms with Gasteiger partial charge < -0.3 is 15.2 Å². The van der Waals surface area contributed by atoms with E-state index in [0.717, 1.165) is 0 Å². The van der Waals surface area contributed by atoms with E-state index in [-0.39, 0.29) is 35.7 Å². The predicted molar refractivity (Wildman–Crippen MR) is 92.6 cm³/mol. The Balaban J connectivity index is 1.82. The molecule has 3 nitrogen and oxygen atoms in total. The molecule has 0 bridgehead atoms. The molecule has 1 fully saturated rings. The molecule has 1 aromatic carbocycles. The van der Waals surface area contributed by atoms with Crippen LogP contribution < -0.4 is 5.32 Å². The van der Waals surface area contributed by atoms with E-state index >= 15 is 0 Å². The summed E-state index contributed by atoms with van der Waals surface area (Å²) < 4.78 is 74.3. The number of benzene rings is 1. The number of hydrogen-bond donors (Lipinski definition) is 2. The number of allylic oxidation sites excluding steroid dienone is 3. The first kappa shape index (κ1) is 19.4. The molecule has 2 N–H and O–H groups in total. The fourth-order valence-electron chi connectivity index (χ4n) is 4.50. The summed E-state index contributed by atoms with van der Waals surface area (Å²) in [5.41, 5.74) is -1.96. The Bertz CT molecular complexity index is 820. The highest BCUT2D eigenvalue weighted by atomic mass is 19.4. The second-order valence-corrected chi connectivity index (χ2v) is 7.50. The van der Waals surface area contributed by atoms with Crippen molar-refractivity contribution >= 4 is 5.69 Å². The Morgan fingerprint density at radius 3 is 2.57 bits per heavy atom. The number of ether oxygens (including phenoxy) is 1. The van der Waals surface area contributed by atoms with Crippen LogP contribution in [0.4, 0.5) is 27.6 Å². The first-order valence-electron chi connectivity index (χ1n) is 9.26. The lowest BCUT2D eigenvalue weighted by Crippen LogP contribution is -2.47. The highest BCUT2D eigenvalue weighted by Crippen LogP contribution is 2.50. The van der Waals surface area contributed by atoms with Crippen molar-refractivity contribution in [1.82, 2.24) is 0 Å². The highest BCUT2D eigenvalue weighted by Gasteiger charge is 2.47. The lowest BCUT2D eigenvalue weighted by Gasteiger charge is -2.47. The molecule has 152 valence electrons. The second kappa shape index (κ2) is 7.15. The summed E-state index contributed by atoms with van der Waals surface area (Å²) >= 11 is 0. The fourth-order valence-corrected chi connectivity index (χ4v) is 4.50. The predicted octanol–water partition coefficient (Wildman–Crippen LogP) is 4.74. The maximum Gasteiger partial charge on any atom is 0.419 e. The topological polar surface area (TPSA) is 41.5 Å². The zero-order valence-corrected chi connectivity index (χ0v) is 14.8. The summed E-state index contributed by atoms with van der Waals surface area (Å²) in [6, 6.07) is 0.328. The molecule has 28 heavy (non-hydrogen) atoms. The molecule has 0 amide bonds. The largest absolute Gasteiger partial charge is 0.419 e. The summed E-state index contributed by atoms with van der Waals surface area (Å²) in [7, 11) is 0. The molecule has 4 rings (SSSR count). The fraction of sp³-hybridized carbons (Fsp3) is 0.500. The van der Waals surface area contributed by atoms with E-state index < -0.39 is 35.6 Å². The lowest BCUT2D eigenvalue weighted by atomic mass is 9.72. The van der Waals surface area contributed by atoms with Crippen LogP contribution in [0.25, 0.3) is 0 Å². The van der Waals surface area contributed by atoms with E-state index in [1.165, 1.54) is 0 Å². The molecule has 2 aliphatic heterocycles. The average molecular weight is 401 g/mol. The van der Waals surface area contributed by atoms with Crippen LogP contribution in [0.5, 0.6) is 0 Å². The summed E-state index contributed by atoms with van der Waals surface area (Å²) in [6.07, 6.45) is 3.09. The van der Waals surface area contributed by atoms with E-state index in [0.29, 0.717) is 25.3 Å². The molecule has 0 spiro atoms. The first-order valence-corrected chi connectivity index (χ1v) is 9.26. The monoisotopic (exact) mass is 401 g/mol. The van der Waals surface area contributed by atoms with Crippen molar-refractivity contribution in [1.29, 1.82) is 0 Å². The summed E-state index contributed by atoms with van der Waals surface area (Å²) in [5, 5.41) is 12.4. The number of fused-ring (bicyclic) bond motifs is 3. The van der Waals surface area contributed by atoms with Gasteiger partial charge in [0.1, 0.15) is 0 Å². The van der Waals surface area contributed by atoms with Crippen molar-refractivity contribution in [3.05, 3.63) is 53.1 Å². The van der Waals surface area contributed by atoms with Crippen molar-refractivity contribution in [2.45, 2.75) is 43.7 Å². The molecular weight excluding hydrogens is 381 g/mol. The maximum absolute atomic E-state index is 14.7. The van der Waals surface area contributed by atoms with Gasteiger partial charge in [0.25, 0.3) is 0 Å². The number of rotatable bonds is 2. The van der Waals surface area contributed by atoms with Gasteiger partial charge in [-0.1, -0.05) is 24.3 Å². The van der Waals surface area contributed by atoms with Crippen LogP contribution in [0.2, 0.25) is 0 Å². The van der Waals surface area contributed by atoms with Crippen LogP contribution in [0.1, 0.15) is 36.5 Å². The average Bonchev–Trinajstić information content (AvgIpc) is 2.69. The maximum atomic E-state index is 14.7. The number of anilines is 1. The number of halogens is 5. The Labute approximate surface area is 158 Å². The minimum absolute atomic E-state index is 0.0234. The van der Waals surface area contributed by atoms with Crippen LogP contribution in [-0.4, -0.2) is 23.9 Å². The Kier molecular flexibility index (Phi) is 4.95. The van der Waals surface area contributed by atoms with Gasteiger partial charge in [0.15, 0.2) is 11.6 Å². The van der Waals surface area contributed by atoms with E-state index in [2.05, 4.69) is 5.32 Å². The zero-order valence-electron chi connectivity index (χ0n) is 14.8. The van der Waals surface area contributed by atoms with Gasteiger partial charge in [0.05, 0.1) is 30.1 Å². The third-order valence-electron chi connectivity index (χ3n) is 5.85. The van der Waals surface area contributed by atoms with Crippen LogP contribution in [0.3, 0.4) is 0 Å². The number of hydrogen-bond acceptors (Lipinski definition) is 3. The van der Waals surface area contributed by atoms with E-state index in [9.17, 15) is 27.1 Å². The van der Waals surface area contributed by atoms with Gasteiger partial charge in [-0.25, -0.2) is 8.78 Å². The smallest absolute Gasteiger partial charge is 0.394 e. The molecule has 5 atom stereocenters. The molecule has 3 aliphatic rings. The Morgan fingerprint density at radius 1 is 1.14 bits per heavy atom. The standard InChI is InChI=1S/C20H20F5NO2/c21-15-14(20(23,24)25)8-13-18(16(15)22)26-17(10-4-2-1-3-5-10)12-7-6-11(9-27)28-19(12)13/h1-4,8,10-12,17,19,26-27H,5-7,9H2/t10?,11-,12+,17+,19+/m1/s1. The van der Waals surface area contributed by atoms with Gasteiger partial charge in [0.2, 0.25) is 0 Å². The van der Waals surface area contributed by atoms with Gasteiger partial charge in [-0.3, -0.25) is 0 Å². The summed E-state index contributed by atoms with van der Waals surface area (Å²) in [5.74, 6) is -3.70. The minimum atomic E-state index is -5.02. The molecular formula is C20H20F5NO2. The van der Waals surface area contributed by atoms with E-state index in [1.54, 1.807) is 0 Å². The number of aliphatic hydroxyl groups is 1. The van der Waals surface area contributed by atoms with E-state index in [1.807, 2.05) is 24.3 Å². The van der Waals surface area contributed by atoms with Gasteiger partial charge in [0, 0.05) is 23.4 Å². The molecule has 1 saturated heterocycles. The molecule has 8 heteroatoms. The van der Waals surface area contributed by atoms with Crippen molar-refractivity contribution in [2.24, 2.45) is 11.8 Å². The SMILES string of the molecule is OC[C@H]1CC[C@@H]2[C@H](O1)c1cc(C(F)(F)F)c(F)c(F)c1N[C@H]2C1C=CC=CC1. The zero-order chi connectivity index (χ0) is 20.1. The van der Waals surface area contributed by atoms with Gasteiger partial charge in [-0.05, 0) is 25.3 Å². The quantitative estimate of drug-likeness (QED) is 0.704. The van der Waals surface area contributed by atoms with Crippen LogP contribution in [0.15, 0.2) is 30.4 Å². The molecule has 0 radical (unpaired) electrons. The summed E-state index contributed by atoms with van der Waals surface area (Å²) in [6.45, 7) is -0.279. The summed E-state index contributed by atoms with van der Waals surface area (Å²) in [4.78, 5) is 0. The van der Waals surface area contributed by atoms with Crippen molar-refractivity contribution < 1.29 is 31.8 Å². The minimum Gasteiger partial charge on any atom is -0.394 e. The van der Waals surface area contributed by atoms with Crippen molar-refractivity contribution in [2.75, 3.05) is 11.9 Å². The molecule has 2 heterocycles. The lowest BCUT2D eigenvalue weighted by molar-refractivity contribution is -0.141. The number of aliphatic hydroxyl groups excluding tert-OH is 1. The second-order valence-electron chi connectivity index (χ2n) is 7.50. The van der Waals surface area contributed by atoms with Crippen LogP contribution in [0, 0.1) is 23.5 Å².